The maximum Gasteiger partial charge on any atom is 0.270 e. The zero-order valence-corrected chi connectivity index (χ0v) is 19.5. The average Bonchev–Trinajstić information content (AvgIpc) is 3.27. The summed E-state index contributed by atoms with van der Waals surface area (Å²) in [5, 5.41) is 10.6. The molecule has 0 aliphatic carbocycles. The summed E-state index contributed by atoms with van der Waals surface area (Å²) in [6, 6.07) is 27.6. The van der Waals surface area contributed by atoms with Crippen molar-refractivity contribution in [3.8, 4) is 6.07 Å². The smallest absolute Gasteiger partial charge is 0.270 e. The van der Waals surface area contributed by atoms with Crippen LogP contribution in [0.1, 0.15) is 22.4 Å². The average molecular weight is 466 g/mol. The molecule has 0 spiro atoms. The van der Waals surface area contributed by atoms with Crippen LogP contribution in [0.25, 0.3) is 17.0 Å². The van der Waals surface area contributed by atoms with Crippen LogP contribution in [0.2, 0.25) is 0 Å². The van der Waals surface area contributed by atoms with E-state index in [1.165, 1.54) is 11.8 Å². The topological polar surface area (TPSA) is 49.0 Å². The molecule has 5 rings (SSSR count). The molecule has 1 aliphatic heterocycles. The highest BCUT2D eigenvalue weighted by Gasteiger charge is 2.33. The highest BCUT2D eigenvalue weighted by molar-refractivity contribution is 8.27. The molecule has 0 saturated carbocycles. The number of nitriles is 1. The Morgan fingerprint density at radius 3 is 2.48 bits per heavy atom. The fourth-order valence-corrected chi connectivity index (χ4v) is 5.46. The number of carbonyl (C=O) groups excluding carboxylic acids is 1. The fourth-order valence-electron chi connectivity index (χ4n) is 4.18. The normalized spacial score (nSPS) is 14.9. The number of thiocarbonyl (C=S) groups is 1. The Labute approximate surface area is 201 Å². The summed E-state index contributed by atoms with van der Waals surface area (Å²) in [6.07, 6.45) is 1.95. The molecule has 0 radical (unpaired) electrons. The zero-order valence-electron chi connectivity index (χ0n) is 17.9. The Hall–Kier alpha value is -3.66. The molecule has 1 amide bonds. The Morgan fingerprint density at radius 1 is 1.00 bits per heavy atom. The van der Waals surface area contributed by atoms with E-state index in [1.54, 1.807) is 4.90 Å². The number of para-hydroxylation sites is 2. The zero-order chi connectivity index (χ0) is 22.9. The fraction of sp³-hybridized carbons (Fsp3) is 0.0741. The lowest BCUT2D eigenvalue weighted by atomic mass is 10.1. The summed E-state index contributed by atoms with van der Waals surface area (Å²) in [5.41, 5.74) is 5.50. The number of thioether (sulfide) groups is 1. The standard InChI is InChI=1S/C27H19N3OS2/c1-18-23(15-25-26(31)30(27(32)33-25)21-11-3-2-4-12-21)22-13-7-8-14-24(22)29(18)17-20-10-6-5-9-19(20)16-28/h2-15H,17H2,1H3/b25-15+. The van der Waals surface area contributed by atoms with E-state index in [9.17, 15) is 10.1 Å². The quantitative estimate of drug-likeness (QED) is 0.263. The van der Waals surface area contributed by atoms with Crippen LogP contribution in [0.4, 0.5) is 5.69 Å². The van der Waals surface area contributed by atoms with Gasteiger partial charge in [-0.15, -0.1) is 0 Å². The summed E-state index contributed by atoms with van der Waals surface area (Å²) in [7, 11) is 0. The molecule has 33 heavy (non-hydrogen) atoms. The number of carbonyl (C=O) groups is 1. The predicted octanol–water partition coefficient (Wildman–Crippen LogP) is 6.28. The van der Waals surface area contributed by atoms with E-state index in [-0.39, 0.29) is 5.91 Å². The molecule has 160 valence electrons. The highest BCUT2D eigenvalue weighted by atomic mass is 32.2. The summed E-state index contributed by atoms with van der Waals surface area (Å²) < 4.78 is 2.73. The minimum Gasteiger partial charge on any atom is -0.340 e. The Bertz CT molecular complexity index is 1480. The molecule has 2 heterocycles. The van der Waals surface area contributed by atoms with Gasteiger partial charge in [0, 0.05) is 28.7 Å². The molecule has 0 bridgehead atoms. The number of rotatable bonds is 4. The van der Waals surface area contributed by atoms with Gasteiger partial charge in [-0.25, -0.2) is 0 Å². The lowest BCUT2D eigenvalue weighted by Crippen LogP contribution is -2.27. The summed E-state index contributed by atoms with van der Waals surface area (Å²) in [4.78, 5) is 15.4. The largest absolute Gasteiger partial charge is 0.340 e. The van der Waals surface area contributed by atoms with Crippen LogP contribution in [0.15, 0.2) is 83.8 Å². The van der Waals surface area contributed by atoms with E-state index in [0.29, 0.717) is 21.3 Å². The number of anilines is 1. The first-order valence-electron chi connectivity index (χ1n) is 10.5. The first-order valence-corrected chi connectivity index (χ1v) is 11.7. The highest BCUT2D eigenvalue weighted by Crippen LogP contribution is 2.38. The van der Waals surface area contributed by atoms with Crippen molar-refractivity contribution in [1.82, 2.24) is 4.57 Å². The molecule has 3 aromatic carbocycles. The second-order valence-electron chi connectivity index (χ2n) is 7.72. The van der Waals surface area contributed by atoms with Crippen molar-refractivity contribution in [2.45, 2.75) is 13.5 Å². The van der Waals surface area contributed by atoms with Gasteiger partial charge in [-0.2, -0.15) is 5.26 Å². The molecule has 0 unspecified atom stereocenters. The maximum atomic E-state index is 13.3. The van der Waals surface area contributed by atoms with Crippen molar-refractivity contribution in [2.75, 3.05) is 4.90 Å². The number of hydrogen-bond donors (Lipinski definition) is 0. The van der Waals surface area contributed by atoms with Crippen molar-refractivity contribution in [3.63, 3.8) is 0 Å². The van der Waals surface area contributed by atoms with Gasteiger partial charge in [0.1, 0.15) is 0 Å². The van der Waals surface area contributed by atoms with E-state index in [4.69, 9.17) is 12.2 Å². The van der Waals surface area contributed by atoms with Crippen molar-refractivity contribution in [2.24, 2.45) is 0 Å². The third-order valence-corrected chi connectivity index (χ3v) is 7.13. The van der Waals surface area contributed by atoms with Gasteiger partial charge < -0.3 is 4.57 Å². The maximum absolute atomic E-state index is 13.3. The van der Waals surface area contributed by atoms with Crippen LogP contribution < -0.4 is 4.90 Å². The molecule has 0 N–H and O–H groups in total. The van der Waals surface area contributed by atoms with Gasteiger partial charge in [-0.05, 0) is 42.8 Å². The third-order valence-electron chi connectivity index (χ3n) is 5.83. The van der Waals surface area contributed by atoms with Crippen molar-refractivity contribution in [3.05, 3.63) is 106 Å². The Balaban J connectivity index is 1.59. The number of amides is 1. The van der Waals surface area contributed by atoms with Gasteiger partial charge in [0.15, 0.2) is 4.32 Å². The first-order chi connectivity index (χ1) is 16.1. The second kappa shape index (κ2) is 8.70. The number of nitrogens with zero attached hydrogens (tertiary/aromatic N) is 3. The lowest BCUT2D eigenvalue weighted by molar-refractivity contribution is -0.113. The molecule has 0 atom stereocenters. The van der Waals surface area contributed by atoms with Crippen molar-refractivity contribution in [1.29, 1.82) is 5.26 Å². The molecule has 4 nitrogen and oxygen atoms in total. The molecule has 1 fully saturated rings. The molecule has 4 aromatic rings. The van der Waals surface area contributed by atoms with Gasteiger partial charge in [-0.3, -0.25) is 9.69 Å². The van der Waals surface area contributed by atoms with Crippen LogP contribution in [0.5, 0.6) is 0 Å². The Morgan fingerprint density at radius 2 is 1.70 bits per heavy atom. The van der Waals surface area contributed by atoms with Crippen LogP contribution in [0, 0.1) is 18.3 Å². The molecule has 1 aromatic heterocycles. The van der Waals surface area contributed by atoms with Gasteiger partial charge in [0.2, 0.25) is 0 Å². The van der Waals surface area contributed by atoms with E-state index in [1.807, 2.05) is 72.8 Å². The van der Waals surface area contributed by atoms with Gasteiger partial charge >= 0.3 is 0 Å². The number of fused-ring (bicyclic) bond motifs is 1. The molecule has 1 saturated heterocycles. The van der Waals surface area contributed by atoms with Crippen LogP contribution in [-0.2, 0) is 11.3 Å². The number of benzene rings is 3. The minimum absolute atomic E-state index is 0.109. The van der Waals surface area contributed by atoms with Crippen molar-refractivity contribution >= 4 is 56.9 Å². The van der Waals surface area contributed by atoms with Crippen LogP contribution in [0.3, 0.4) is 0 Å². The van der Waals surface area contributed by atoms with Gasteiger partial charge in [-0.1, -0.05) is 78.6 Å². The van der Waals surface area contributed by atoms with E-state index in [2.05, 4.69) is 29.7 Å². The summed E-state index contributed by atoms with van der Waals surface area (Å²) >= 11 is 6.86. The van der Waals surface area contributed by atoms with E-state index >= 15 is 0 Å². The molecular formula is C27H19N3OS2. The lowest BCUT2D eigenvalue weighted by Gasteiger charge is -2.13. The van der Waals surface area contributed by atoms with Crippen LogP contribution in [-0.4, -0.2) is 14.8 Å². The minimum atomic E-state index is -0.109. The predicted molar refractivity (Wildman–Crippen MR) is 139 cm³/mol. The van der Waals surface area contributed by atoms with E-state index < -0.39 is 0 Å². The molecule has 6 heteroatoms. The van der Waals surface area contributed by atoms with Gasteiger partial charge in [0.25, 0.3) is 5.91 Å². The van der Waals surface area contributed by atoms with Crippen molar-refractivity contribution < 1.29 is 4.79 Å². The first kappa shape index (κ1) is 21.2. The van der Waals surface area contributed by atoms with E-state index in [0.717, 1.165) is 33.4 Å². The number of hydrogen-bond acceptors (Lipinski definition) is 4. The second-order valence-corrected chi connectivity index (χ2v) is 9.40. The summed E-state index contributed by atoms with van der Waals surface area (Å²) in [6.45, 7) is 2.63. The molecule has 1 aliphatic rings. The Kier molecular flexibility index (Phi) is 5.59. The summed E-state index contributed by atoms with van der Waals surface area (Å²) in [5.74, 6) is -0.109. The molecular weight excluding hydrogens is 446 g/mol. The third kappa shape index (κ3) is 3.76. The van der Waals surface area contributed by atoms with Gasteiger partial charge in [0.05, 0.1) is 22.2 Å². The number of aromatic nitrogens is 1. The monoisotopic (exact) mass is 465 g/mol. The van der Waals surface area contributed by atoms with Crippen LogP contribution >= 0.6 is 24.0 Å². The SMILES string of the molecule is Cc1c(/C=C2/SC(=S)N(c3ccccc3)C2=O)c2ccccc2n1Cc1ccccc1C#N.